The van der Waals surface area contributed by atoms with Crippen molar-refractivity contribution in [2.75, 3.05) is 6.54 Å². The van der Waals surface area contributed by atoms with E-state index in [9.17, 15) is 9.59 Å². The highest BCUT2D eigenvalue weighted by Crippen LogP contribution is 2.09. The average Bonchev–Trinajstić information content (AvgIpc) is 2.66. The molecule has 5 heteroatoms. The number of hydrogen-bond donors (Lipinski definition) is 2. The predicted octanol–water partition coefficient (Wildman–Crippen LogP) is 4.02. The molecule has 1 aromatic rings. The van der Waals surface area contributed by atoms with Gasteiger partial charge in [-0.25, -0.2) is 0 Å². The van der Waals surface area contributed by atoms with Gasteiger partial charge in [0.05, 0.1) is 0 Å². The zero-order chi connectivity index (χ0) is 19.9. The van der Waals surface area contributed by atoms with E-state index in [4.69, 9.17) is 0 Å². The number of amides is 2. The second kappa shape index (κ2) is 14.2. The number of rotatable bonds is 14. The van der Waals surface area contributed by atoms with E-state index in [1.807, 2.05) is 32.0 Å². The van der Waals surface area contributed by atoms with Crippen LogP contribution in [-0.4, -0.2) is 29.4 Å². The highest BCUT2D eigenvalue weighted by Gasteiger charge is 2.23. The summed E-state index contributed by atoms with van der Waals surface area (Å²) in [6, 6.07) is 5.27. The Morgan fingerprint density at radius 3 is 2.37 bits per heavy atom. The molecule has 0 saturated carbocycles. The van der Waals surface area contributed by atoms with Crippen molar-refractivity contribution in [2.24, 2.45) is 5.92 Å². The maximum atomic E-state index is 12.4. The molecule has 0 aliphatic carbocycles. The molecule has 0 spiro atoms. The van der Waals surface area contributed by atoms with E-state index in [1.54, 1.807) is 6.20 Å². The molecule has 152 valence electrons. The van der Waals surface area contributed by atoms with Gasteiger partial charge in [0.1, 0.15) is 6.04 Å². The van der Waals surface area contributed by atoms with Crippen LogP contribution < -0.4 is 10.6 Å². The number of nitrogens with one attached hydrogen (secondary N) is 2. The highest BCUT2D eigenvalue weighted by molar-refractivity contribution is 5.87. The van der Waals surface area contributed by atoms with Gasteiger partial charge in [-0.2, -0.15) is 0 Å². The monoisotopic (exact) mass is 375 g/mol. The maximum Gasteiger partial charge on any atom is 0.242 e. The lowest BCUT2D eigenvalue weighted by atomic mass is 10.0. The van der Waals surface area contributed by atoms with Crippen molar-refractivity contribution in [1.82, 2.24) is 15.6 Å². The van der Waals surface area contributed by atoms with Gasteiger partial charge in [-0.05, 0) is 24.5 Å². The van der Waals surface area contributed by atoms with Gasteiger partial charge in [-0.3, -0.25) is 14.6 Å². The molecule has 1 rings (SSSR count). The Labute approximate surface area is 164 Å². The first kappa shape index (κ1) is 23.1. The topological polar surface area (TPSA) is 71.1 Å². The van der Waals surface area contributed by atoms with E-state index in [0.717, 1.165) is 18.5 Å². The van der Waals surface area contributed by atoms with E-state index < -0.39 is 6.04 Å². The molecule has 0 fully saturated rings. The van der Waals surface area contributed by atoms with E-state index in [1.165, 1.54) is 32.1 Å². The number of carbonyl (C=O) groups excluding carboxylic acids is 2. The maximum absolute atomic E-state index is 12.4. The minimum atomic E-state index is -0.481. The van der Waals surface area contributed by atoms with Crippen LogP contribution in [0.15, 0.2) is 24.4 Å². The summed E-state index contributed by atoms with van der Waals surface area (Å²) in [7, 11) is 0. The van der Waals surface area contributed by atoms with Crippen LogP contribution in [0.3, 0.4) is 0 Å². The Balaban J connectivity index is 2.26. The molecular weight excluding hydrogens is 338 g/mol. The van der Waals surface area contributed by atoms with Crippen molar-refractivity contribution >= 4 is 11.8 Å². The standard InChI is InChI=1S/C22H37N3O2/c1-4-5-6-7-8-9-10-14-20(26)25-21(18(2)3)22(27)24-17-15-19-13-11-12-16-23-19/h11-13,16,18,21H,4-10,14-15,17H2,1-3H3,(H,24,27)(H,25,26). The van der Waals surface area contributed by atoms with Gasteiger partial charge in [0.2, 0.25) is 11.8 Å². The lowest BCUT2D eigenvalue weighted by molar-refractivity contribution is -0.130. The molecule has 1 aromatic heterocycles. The van der Waals surface area contributed by atoms with Crippen LogP contribution in [0, 0.1) is 5.92 Å². The summed E-state index contributed by atoms with van der Waals surface area (Å²) in [4.78, 5) is 28.9. The quantitative estimate of drug-likeness (QED) is 0.482. The van der Waals surface area contributed by atoms with Gasteiger partial charge < -0.3 is 10.6 Å². The molecule has 2 amide bonds. The first-order valence-electron chi connectivity index (χ1n) is 10.5. The lowest BCUT2D eigenvalue weighted by Crippen LogP contribution is -2.50. The zero-order valence-corrected chi connectivity index (χ0v) is 17.3. The Morgan fingerprint density at radius 2 is 1.74 bits per heavy atom. The highest BCUT2D eigenvalue weighted by atomic mass is 16.2. The molecule has 1 atom stereocenters. The van der Waals surface area contributed by atoms with Crippen molar-refractivity contribution in [1.29, 1.82) is 0 Å². The summed E-state index contributed by atoms with van der Waals surface area (Å²) in [5.41, 5.74) is 0.946. The molecule has 1 unspecified atom stereocenters. The number of hydrogen-bond acceptors (Lipinski definition) is 3. The van der Waals surface area contributed by atoms with Gasteiger partial charge in [0, 0.05) is 31.3 Å². The van der Waals surface area contributed by atoms with Gasteiger partial charge in [-0.1, -0.05) is 65.4 Å². The van der Waals surface area contributed by atoms with Crippen molar-refractivity contribution < 1.29 is 9.59 Å². The Bertz CT molecular complexity index is 532. The van der Waals surface area contributed by atoms with E-state index >= 15 is 0 Å². The number of pyridine rings is 1. The van der Waals surface area contributed by atoms with Crippen molar-refractivity contribution in [3.05, 3.63) is 30.1 Å². The summed E-state index contributed by atoms with van der Waals surface area (Å²) in [5, 5.41) is 5.83. The Kier molecular flexibility index (Phi) is 12.2. The van der Waals surface area contributed by atoms with Crippen LogP contribution >= 0.6 is 0 Å². The molecule has 0 bridgehead atoms. The minimum absolute atomic E-state index is 0.0258. The van der Waals surface area contributed by atoms with Crippen LogP contribution in [0.1, 0.15) is 77.8 Å². The smallest absolute Gasteiger partial charge is 0.242 e. The van der Waals surface area contributed by atoms with Crippen LogP contribution in [0.25, 0.3) is 0 Å². The fraction of sp³-hybridized carbons (Fsp3) is 0.682. The molecule has 27 heavy (non-hydrogen) atoms. The number of aromatic nitrogens is 1. The second-order valence-corrected chi connectivity index (χ2v) is 7.52. The molecule has 5 nitrogen and oxygen atoms in total. The first-order valence-corrected chi connectivity index (χ1v) is 10.5. The lowest BCUT2D eigenvalue weighted by Gasteiger charge is -2.21. The first-order chi connectivity index (χ1) is 13.0. The number of nitrogens with zero attached hydrogens (tertiary/aromatic N) is 1. The van der Waals surface area contributed by atoms with Crippen molar-refractivity contribution in [2.45, 2.75) is 84.6 Å². The fourth-order valence-corrected chi connectivity index (χ4v) is 2.99. The fourth-order valence-electron chi connectivity index (χ4n) is 2.99. The molecule has 0 aliphatic rings. The van der Waals surface area contributed by atoms with Crippen LogP contribution in [0.4, 0.5) is 0 Å². The summed E-state index contributed by atoms with van der Waals surface area (Å²) in [6.45, 7) is 6.64. The van der Waals surface area contributed by atoms with Gasteiger partial charge in [-0.15, -0.1) is 0 Å². The largest absolute Gasteiger partial charge is 0.354 e. The average molecular weight is 376 g/mol. The minimum Gasteiger partial charge on any atom is -0.354 e. The summed E-state index contributed by atoms with van der Waals surface area (Å²) in [6.07, 6.45) is 11.2. The zero-order valence-electron chi connectivity index (χ0n) is 17.3. The van der Waals surface area contributed by atoms with Crippen LogP contribution in [0.2, 0.25) is 0 Å². The van der Waals surface area contributed by atoms with E-state index in [2.05, 4.69) is 22.5 Å². The van der Waals surface area contributed by atoms with Crippen molar-refractivity contribution in [3.63, 3.8) is 0 Å². The van der Waals surface area contributed by atoms with E-state index in [-0.39, 0.29) is 17.7 Å². The molecule has 0 aliphatic heterocycles. The third-order valence-corrected chi connectivity index (χ3v) is 4.68. The van der Waals surface area contributed by atoms with Crippen molar-refractivity contribution in [3.8, 4) is 0 Å². The van der Waals surface area contributed by atoms with Crippen LogP contribution in [-0.2, 0) is 16.0 Å². The molecule has 0 saturated heterocycles. The number of unbranched alkanes of at least 4 members (excludes halogenated alkanes) is 6. The Hall–Kier alpha value is -1.91. The predicted molar refractivity (Wildman–Crippen MR) is 110 cm³/mol. The third-order valence-electron chi connectivity index (χ3n) is 4.68. The Morgan fingerprint density at radius 1 is 1.04 bits per heavy atom. The van der Waals surface area contributed by atoms with Gasteiger partial charge in [0.15, 0.2) is 0 Å². The summed E-state index contributed by atoms with van der Waals surface area (Å²) < 4.78 is 0. The van der Waals surface area contributed by atoms with E-state index in [0.29, 0.717) is 19.4 Å². The third kappa shape index (κ3) is 10.7. The molecule has 0 radical (unpaired) electrons. The normalized spacial score (nSPS) is 12.0. The van der Waals surface area contributed by atoms with Gasteiger partial charge in [0.25, 0.3) is 0 Å². The SMILES string of the molecule is CCCCCCCCCC(=O)NC(C(=O)NCCc1ccccn1)C(C)C. The molecule has 2 N–H and O–H groups in total. The second-order valence-electron chi connectivity index (χ2n) is 7.52. The molecular formula is C22H37N3O2. The van der Waals surface area contributed by atoms with Gasteiger partial charge >= 0.3 is 0 Å². The molecule has 0 aromatic carbocycles. The number of carbonyl (C=O) groups is 2. The summed E-state index contributed by atoms with van der Waals surface area (Å²) in [5.74, 6) is -0.0891. The molecule has 1 heterocycles. The summed E-state index contributed by atoms with van der Waals surface area (Å²) >= 11 is 0. The van der Waals surface area contributed by atoms with Crippen LogP contribution in [0.5, 0.6) is 0 Å².